The van der Waals surface area contributed by atoms with E-state index in [2.05, 4.69) is 37.4 Å². The van der Waals surface area contributed by atoms with Gasteiger partial charge in [0.05, 0.1) is 4.92 Å². The summed E-state index contributed by atoms with van der Waals surface area (Å²) in [5.74, 6) is 0. The van der Waals surface area contributed by atoms with E-state index >= 15 is 0 Å². The molecule has 0 unspecified atom stereocenters. The van der Waals surface area contributed by atoms with Crippen molar-refractivity contribution in [2.75, 3.05) is 6.54 Å². The zero-order valence-electron chi connectivity index (χ0n) is 12.1. The van der Waals surface area contributed by atoms with E-state index < -0.39 is 0 Å². The summed E-state index contributed by atoms with van der Waals surface area (Å²) in [5, 5.41) is 14.0. The van der Waals surface area contributed by atoms with Crippen LogP contribution in [-0.2, 0) is 6.54 Å². The summed E-state index contributed by atoms with van der Waals surface area (Å²) in [6.07, 6.45) is 0. The van der Waals surface area contributed by atoms with Crippen molar-refractivity contribution in [2.24, 2.45) is 0 Å². The van der Waals surface area contributed by atoms with E-state index in [0.717, 1.165) is 18.0 Å². The molecule has 2 aromatic rings. The minimum Gasteiger partial charge on any atom is -0.313 e. The van der Waals surface area contributed by atoms with Crippen LogP contribution in [0.4, 0.5) is 5.69 Å². The van der Waals surface area contributed by atoms with Crippen molar-refractivity contribution in [3.8, 4) is 0 Å². The molecule has 0 fully saturated rings. The average molecular weight is 302 g/mol. The number of nitrogens with zero attached hydrogens (tertiary/aromatic N) is 1. The fraction of sp³-hybridized carbons (Fsp3) is 0.250. The molecule has 2 rings (SSSR count). The Hall–Kier alpha value is -1.85. The number of hydrogen-bond donors (Lipinski definition) is 1. The first-order chi connectivity index (χ1) is 10.1. The van der Waals surface area contributed by atoms with Gasteiger partial charge in [0, 0.05) is 28.5 Å². The molecular formula is C16H18N2O2S. The number of non-ortho nitro benzene ring substituents is 1. The number of rotatable bonds is 6. The summed E-state index contributed by atoms with van der Waals surface area (Å²) in [6.45, 7) is 5.91. The summed E-state index contributed by atoms with van der Waals surface area (Å²) >= 11 is 1.63. The van der Waals surface area contributed by atoms with Crippen LogP contribution >= 0.6 is 11.8 Å². The minimum absolute atomic E-state index is 0.121. The fourth-order valence-corrected chi connectivity index (χ4v) is 2.89. The van der Waals surface area contributed by atoms with E-state index in [1.54, 1.807) is 36.0 Å². The topological polar surface area (TPSA) is 55.2 Å². The average Bonchev–Trinajstić information content (AvgIpc) is 2.48. The van der Waals surface area contributed by atoms with Crippen molar-refractivity contribution in [2.45, 2.75) is 30.2 Å². The van der Waals surface area contributed by atoms with Gasteiger partial charge in [0.25, 0.3) is 5.69 Å². The van der Waals surface area contributed by atoms with Crippen molar-refractivity contribution >= 4 is 17.4 Å². The largest absolute Gasteiger partial charge is 0.313 e. The van der Waals surface area contributed by atoms with Crippen molar-refractivity contribution in [3.05, 3.63) is 63.7 Å². The summed E-state index contributed by atoms with van der Waals surface area (Å²) in [4.78, 5) is 12.5. The Bertz CT molecular complexity index is 627. The molecule has 4 nitrogen and oxygen atoms in total. The summed E-state index contributed by atoms with van der Waals surface area (Å²) in [7, 11) is 0. The summed E-state index contributed by atoms with van der Waals surface area (Å²) in [6, 6.07) is 13.0. The van der Waals surface area contributed by atoms with E-state index in [1.807, 2.05) is 0 Å². The monoisotopic (exact) mass is 302 g/mol. The number of nitrogens with one attached hydrogen (secondary N) is 1. The molecule has 0 aromatic heterocycles. The van der Waals surface area contributed by atoms with E-state index in [1.165, 1.54) is 16.0 Å². The fourth-order valence-electron chi connectivity index (χ4n) is 1.97. The van der Waals surface area contributed by atoms with Gasteiger partial charge >= 0.3 is 0 Å². The van der Waals surface area contributed by atoms with Gasteiger partial charge in [-0.2, -0.15) is 0 Å². The zero-order chi connectivity index (χ0) is 15.2. The third kappa shape index (κ3) is 4.31. The Kier molecular flexibility index (Phi) is 5.36. The van der Waals surface area contributed by atoms with Gasteiger partial charge in [0.1, 0.15) is 0 Å². The first-order valence-electron chi connectivity index (χ1n) is 6.82. The van der Waals surface area contributed by atoms with Crippen LogP contribution in [0.2, 0.25) is 0 Å². The molecular weight excluding hydrogens is 284 g/mol. The van der Waals surface area contributed by atoms with Gasteiger partial charge in [0.15, 0.2) is 0 Å². The van der Waals surface area contributed by atoms with Crippen molar-refractivity contribution < 1.29 is 4.92 Å². The molecule has 0 radical (unpaired) electrons. The number of benzene rings is 2. The highest BCUT2D eigenvalue weighted by atomic mass is 32.2. The predicted octanol–water partition coefficient (Wildman–Crippen LogP) is 4.16. The molecule has 0 saturated carbocycles. The van der Waals surface area contributed by atoms with Gasteiger partial charge < -0.3 is 5.32 Å². The summed E-state index contributed by atoms with van der Waals surface area (Å²) < 4.78 is 0. The Morgan fingerprint density at radius 1 is 1.19 bits per heavy atom. The second kappa shape index (κ2) is 7.24. The van der Waals surface area contributed by atoms with Crippen LogP contribution in [0.1, 0.15) is 18.1 Å². The van der Waals surface area contributed by atoms with Crippen molar-refractivity contribution in [1.82, 2.24) is 5.32 Å². The molecule has 0 aliphatic carbocycles. The second-order valence-corrected chi connectivity index (χ2v) is 5.86. The van der Waals surface area contributed by atoms with Crippen molar-refractivity contribution in [1.29, 1.82) is 0 Å². The standard InChI is InChI=1S/C16H18N2O2S/c1-3-17-11-13-10-12(2)4-9-16(13)21-15-7-5-14(6-8-15)18(19)20/h4-10,17H,3,11H2,1-2H3. The third-order valence-corrected chi connectivity index (χ3v) is 4.18. The van der Waals surface area contributed by atoms with Gasteiger partial charge in [-0.15, -0.1) is 0 Å². The van der Waals surface area contributed by atoms with Crippen LogP contribution in [0.3, 0.4) is 0 Å². The molecule has 0 heterocycles. The normalized spacial score (nSPS) is 10.6. The maximum atomic E-state index is 10.7. The number of aryl methyl sites for hydroxylation is 1. The number of hydrogen-bond acceptors (Lipinski definition) is 4. The van der Waals surface area contributed by atoms with E-state index in [4.69, 9.17) is 0 Å². The van der Waals surface area contributed by atoms with E-state index in [9.17, 15) is 10.1 Å². The molecule has 0 amide bonds. The van der Waals surface area contributed by atoms with Crippen LogP contribution < -0.4 is 5.32 Å². The molecule has 0 atom stereocenters. The highest BCUT2D eigenvalue weighted by Crippen LogP contribution is 2.32. The van der Waals surface area contributed by atoms with Crippen LogP contribution in [0.5, 0.6) is 0 Å². The lowest BCUT2D eigenvalue weighted by Crippen LogP contribution is -2.12. The molecule has 21 heavy (non-hydrogen) atoms. The van der Waals surface area contributed by atoms with Crippen LogP contribution in [-0.4, -0.2) is 11.5 Å². The van der Waals surface area contributed by atoms with Gasteiger partial charge in [-0.25, -0.2) is 0 Å². The highest BCUT2D eigenvalue weighted by molar-refractivity contribution is 7.99. The third-order valence-electron chi connectivity index (χ3n) is 3.06. The molecule has 5 heteroatoms. The SMILES string of the molecule is CCNCc1cc(C)ccc1Sc1ccc([N+](=O)[O-])cc1. The van der Waals surface area contributed by atoms with Gasteiger partial charge in [0.2, 0.25) is 0 Å². The quantitative estimate of drug-likeness (QED) is 0.643. The lowest BCUT2D eigenvalue weighted by molar-refractivity contribution is -0.384. The van der Waals surface area contributed by atoms with E-state index in [0.29, 0.717) is 0 Å². The first kappa shape index (κ1) is 15.5. The Morgan fingerprint density at radius 3 is 2.52 bits per heavy atom. The molecule has 0 aliphatic rings. The minimum atomic E-state index is -0.378. The maximum absolute atomic E-state index is 10.7. The van der Waals surface area contributed by atoms with Gasteiger partial charge in [-0.05, 0) is 37.2 Å². The molecule has 110 valence electrons. The number of nitro benzene ring substituents is 1. The second-order valence-electron chi connectivity index (χ2n) is 4.74. The van der Waals surface area contributed by atoms with Crippen molar-refractivity contribution in [3.63, 3.8) is 0 Å². The first-order valence-corrected chi connectivity index (χ1v) is 7.64. The van der Waals surface area contributed by atoms with Gasteiger partial charge in [-0.3, -0.25) is 10.1 Å². The molecule has 0 bridgehead atoms. The van der Waals surface area contributed by atoms with Crippen LogP contribution in [0.25, 0.3) is 0 Å². The lowest BCUT2D eigenvalue weighted by atomic mass is 10.1. The summed E-state index contributed by atoms with van der Waals surface area (Å²) in [5.41, 5.74) is 2.60. The van der Waals surface area contributed by atoms with Gasteiger partial charge in [-0.1, -0.05) is 36.4 Å². The Morgan fingerprint density at radius 2 is 1.90 bits per heavy atom. The molecule has 1 N–H and O–H groups in total. The molecule has 0 saturated heterocycles. The number of nitro groups is 1. The van der Waals surface area contributed by atoms with Crippen LogP contribution in [0.15, 0.2) is 52.3 Å². The van der Waals surface area contributed by atoms with Crippen LogP contribution in [0, 0.1) is 17.0 Å². The predicted molar refractivity (Wildman–Crippen MR) is 85.8 cm³/mol. The smallest absolute Gasteiger partial charge is 0.269 e. The molecule has 0 spiro atoms. The van der Waals surface area contributed by atoms with E-state index in [-0.39, 0.29) is 10.6 Å². The highest BCUT2D eigenvalue weighted by Gasteiger charge is 2.07. The lowest BCUT2D eigenvalue weighted by Gasteiger charge is -2.11. The Balaban J connectivity index is 2.19. The molecule has 0 aliphatic heterocycles. The Labute approximate surface area is 128 Å². The maximum Gasteiger partial charge on any atom is 0.269 e. The zero-order valence-corrected chi connectivity index (χ0v) is 12.9. The molecule has 2 aromatic carbocycles.